The molecule has 0 aromatic carbocycles. The zero-order valence-electron chi connectivity index (χ0n) is 6.76. The van der Waals surface area contributed by atoms with Crippen LogP contribution in [0.5, 0.6) is 0 Å². The van der Waals surface area contributed by atoms with Crippen LogP contribution in [-0.2, 0) is 0 Å². The van der Waals surface area contributed by atoms with Gasteiger partial charge in [0.1, 0.15) is 5.60 Å². The van der Waals surface area contributed by atoms with Crippen LogP contribution in [0.3, 0.4) is 0 Å². The van der Waals surface area contributed by atoms with Crippen molar-refractivity contribution < 1.29 is 5.11 Å². The van der Waals surface area contributed by atoms with Gasteiger partial charge in [0.05, 0.1) is 21.5 Å². The summed E-state index contributed by atoms with van der Waals surface area (Å²) in [7, 11) is 0. The number of halogens is 4. The predicted molar refractivity (Wildman–Crippen MR) is 58.3 cm³/mol. The lowest BCUT2D eigenvalue weighted by atomic mass is 9.83. The molecule has 0 aromatic heterocycles. The Hall–Kier alpha value is 0.860. The summed E-state index contributed by atoms with van der Waals surface area (Å²) in [6.07, 6.45) is 1.65. The van der Waals surface area contributed by atoms with Gasteiger partial charge < -0.3 is 5.11 Å². The van der Waals surface area contributed by atoms with Crippen molar-refractivity contribution in [2.24, 2.45) is 0 Å². The summed E-state index contributed by atoms with van der Waals surface area (Å²) in [6.45, 7) is 3.51. The summed E-state index contributed by atoms with van der Waals surface area (Å²) < 4.78 is 0. The van der Waals surface area contributed by atoms with E-state index < -0.39 is 21.7 Å². The monoisotopic (exact) mass is 262 g/mol. The molecule has 0 amide bonds. The molecule has 1 aliphatic rings. The maximum atomic E-state index is 9.93. The minimum atomic E-state index is -1.22. The van der Waals surface area contributed by atoms with E-state index in [0.29, 0.717) is 0 Å². The Morgan fingerprint density at radius 2 is 1.77 bits per heavy atom. The maximum Gasteiger partial charge on any atom is 0.102 e. The van der Waals surface area contributed by atoms with Gasteiger partial charge in [-0.3, -0.25) is 0 Å². The SMILES string of the molecule is C=CC1(O)CC(Cl)C(Cl)C(Cl)C1Cl. The summed E-state index contributed by atoms with van der Waals surface area (Å²) in [6, 6.07) is 0. The topological polar surface area (TPSA) is 20.2 Å². The van der Waals surface area contributed by atoms with Crippen molar-refractivity contribution in [3.05, 3.63) is 12.7 Å². The molecular weight excluding hydrogens is 254 g/mol. The lowest BCUT2D eigenvalue weighted by molar-refractivity contribution is 0.0602. The first-order valence-electron chi connectivity index (χ1n) is 3.84. The van der Waals surface area contributed by atoms with Gasteiger partial charge in [0.25, 0.3) is 0 Å². The van der Waals surface area contributed by atoms with Crippen LogP contribution in [-0.4, -0.2) is 32.2 Å². The zero-order valence-corrected chi connectivity index (χ0v) is 9.78. The first kappa shape index (κ1) is 11.9. The maximum absolute atomic E-state index is 9.93. The van der Waals surface area contributed by atoms with E-state index in [9.17, 15) is 5.11 Å². The summed E-state index contributed by atoms with van der Waals surface area (Å²) in [4.78, 5) is 0. The van der Waals surface area contributed by atoms with E-state index >= 15 is 0 Å². The molecule has 1 nitrogen and oxygen atoms in total. The molecule has 5 heteroatoms. The van der Waals surface area contributed by atoms with Crippen LogP contribution >= 0.6 is 46.4 Å². The van der Waals surface area contributed by atoms with Crippen molar-refractivity contribution in [1.82, 2.24) is 0 Å². The fourth-order valence-electron chi connectivity index (χ4n) is 1.37. The molecule has 0 saturated heterocycles. The summed E-state index contributed by atoms with van der Waals surface area (Å²) in [5.74, 6) is 0. The van der Waals surface area contributed by atoms with Crippen LogP contribution < -0.4 is 0 Å². The molecule has 13 heavy (non-hydrogen) atoms. The number of hydrogen-bond acceptors (Lipinski definition) is 1. The molecule has 1 aliphatic carbocycles. The molecule has 1 N–H and O–H groups in total. The minimum absolute atomic E-state index is 0.281. The third kappa shape index (κ3) is 2.10. The first-order chi connectivity index (χ1) is 5.92. The number of hydrogen-bond donors (Lipinski definition) is 1. The molecule has 0 bridgehead atoms. The Morgan fingerprint density at radius 3 is 2.23 bits per heavy atom. The molecular formula is C8H10Cl4O. The van der Waals surface area contributed by atoms with Gasteiger partial charge in [-0.2, -0.15) is 0 Å². The highest BCUT2D eigenvalue weighted by atomic mass is 35.5. The second kappa shape index (κ2) is 4.16. The van der Waals surface area contributed by atoms with Crippen molar-refractivity contribution in [3.8, 4) is 0 Å². The molecule has 1 fully saturated rings. The Kier molecular flexibility index (Phi) is 3.82. The molecule has 0 radical (unpaired) electrons. The number of aliphatic hydroxyl groups is 1. The van der Waals surface area contributed by atoms with Crippen molar-refractivity contribution in [2.75, 3.05) is 0 Å². The van der Waals surface area contributed by atoms with Crippen LogP contribution in [0.4, 0.5) is 0 Å². The van der Waals surface area contributed by atoms with Crippen LogP contribution in [0, 0.1) is 0 Å². The summed E-state index contributed by atoms with van der Waals surface area (Å²) in [5, 5.41) is 7.92. The van der Waals surface area contributed by atoms with Gasteiger partial charge in [0.15, 0.2) is 0 Å². The predicted octanol–water partition coefficient (Wildman–Crippen LogP) is 2.74. The molecule has 1 saturated carbocycles. The van der Waals surface area contributed by atoms with E-state index in [4.69, 9.17) is 46.4 Å². The Morgan fingerprint density at radius 1 is 1.23 bits per heavy atom. The van der Waals surface area contributed by atoms with Gasteiger partial charge in [-0.15, -0.1) is 53.0 Å². The van der Waals surface area contributed by atoms with Gasteiger partial charge in [-0.25, -0.2) is 0 Å². The summed E-state index contributed by atoms with van der Waals surface area (Å²) >= 11 is 23.7. The van der Waals surface area contributed by atoms with Gasteiger partial charge in [0, 0.05) is 0 Å². The quantitative estimate of drug-likeness (QED) is 0.570. The Bertz CT molecular complexity index is 210. The van der Waals surface area contributed by atoms with Gasteiger partial charge in [-0.1, -0.05) is 6.08 Å². The van der Waals surface area contributed by atoms with Crippen LogP contribution in [0.2, 0.25) is 0 Å². The average Bonchev–Trinajstić information content (AvgIpc) is 2.12. The van der Waals surface area contributed by atoms with E-state index in [2.05, 4.69) is 6.58 Å². The molecule has 5 unspecified atom stereocenters. The molecule has 1 rings (SSSR count). The highest BCUT2D eigenvalue weighted by Crippen LogP contribution is 2.41. The van der Waals surface area contributed by atoms with Gasteiger partial charge >= 0.3 is 0 Å². The second-order valence-electron chi connectivity index (χ2n) is 3.21. The fraction of sp³-hybridized carbons (Fsp3) is 0.750. The van der Waals surface area contributed by atoms with Crippen LogP contribution in [0.15, 0.2) is 12.7 Å². The zero-order chi connectivity index (χ0) is 10.2. The molecule has 76 valence electrons. The normalized spacial score (nSPS) is 51.8. The summed E-state index contributed by atoms with van der Waals surface area (Å²) in [5.41, 5.74) is -1.22. The Balaban J connectivity index is 2.88. The van der Waals surface area contributed by atoms with Crippen molar-refractivity contribution in [1.29, 1.82) is 0 Å². The van der Waals surface area contributed by atoms with E-state index in [1.54, 1.807) is 0 Å². The van der Waals surface area contributed by atoms with E-state index in [0.717, 1.165) is 0 Å². The highest BCUT2D eigenvalue weighted by molar-refractivity contribution is 6.39. The van der Waals surface area contributed by atoms with E-state index in [1.165, 1.54) is 6.08 Å². The van der Waals surface area contributed by atoms with Crippen LogP contribution in [0.25, 0.3) is 0 Å². The van der Waals surface area contributed by atoms with Gasteiger partial charge in [0.2, 0.25) is 0 Å². The lowest BCUT2D eigenvalue weighted by Crippen LogP contribution is -2.54. The average molecular weight is 264 g/mol. The first-order valence-corrected chi connectivity index (χ1v) is 5.59. The van der Waals surface area contributed by atoms with Crippen molar-refractivity contribution in [2.45, 2.75) is 33.5 Å². The van der Waals surface area contributed by atoms with Crippen LogP contribution in [0.1, 0.15) is 6.42 Å². The molecule has 0 spiro atoms. The molecule has 0 aromatic rings. The Labute approximate surface area is 97.6 Å². The third-order valence-corrected chi connectivity index (χ3v) is 4.84. The molecule has 5 atom stereocenters. The molecule has 0 aliphatic heterocycles. The molecule has 0 heterocycles. The van der Waals surface area contributed by atoms with Crippen molar-refractivity contribution >= 4 is 46.4 Å². The second-order valence-corrected chi connectivity index (χ2v) is 5.24. The lowest BCUT2D eigenvalue weighted by Gasteiger charge is -2.41. The van der Waals surface area contributed by atoms with Gasteiger partial charge in [-0.05, 0) is 6.42 Å². The van der Waals surface area contributed by atoms with E-state index in [-0.39, 0.29) is 11.8 Å². The van der Waals surface area contributed by atoms with E-state index in [1.807, 2.05) is 0 Å². The number of alkyl halides is 4. The smallest absolute Gasteiger partial charge is 0.102 e. The number of rotatable bonds is 1. The minimum Gasteiger partial charge on any atom is -0.384 e. The highest BCUT2D eigenvalue weighted by Gasteiger charge is 2.48. The fourth-order valence-corrected chi connectivity index (χ4v) is 2.89. The standard InChI is InChI=1S/C8H10Cl4O/c1-2-8(13)3-4(9)5(10)6(11)7(8)12/h2,4-7,13H,1,3H2. The third-order valence-electron chi connectivity index (χ3n) is 2.28. The van der Waals surface area contributed by atoms with Crippen molar-refractivity contribution in [3.63, 3.8) is 0 Å². The largest absolute Gasteiger partial charge is 0.384 e.